The Labute approximate surface area is 116 Å². The monoisotopic (exact) mass is 283 g/mol. The van der Waals surface area contributed by atoms with Crippen molar-refractivity contribution in [3.63, 3.8) is 0 Å². The number of hydrogen-bond acceptors (Lipinski definition) is 4. The van der Waals surface area contributed by atoms with Gasteiger partial charge in [0.2, 0.25) is 5.91 Å². The predicted molar refractivity (Wildman–Crippen MR) is 75.8 cm³/mol. The first-order valence-electron chi connectivity index (χ1n) is 5.94. The first-order valence-corrected chi connectivity index (χ1v) is 7.09. The maximum absolute atomic E-state index is 11.5. The van der Waals surface area contributed by atoms with Crippen LogP contribution in [-0.4, -0.2) is 35.1 Å². The molecule has 1 aromatic carbocycles. The number of carboxylic acid groups (broad SMARTS) is 1. The zero-order chi connectivity index (χ0) is 14.1. The molecule has 0 aromatic heterocycles. The highest BCUT2D eigenvalue weighted by molar-refractivity contribution is 7.99. The first-order chi connectivity index (χ1) is 9.11. The van der Waals surface area contributed by atoms with Gasteiger partial charge in [-0.2, -0.15) is 11.8 Å². The summed E-state index contributed by atoms with van der Waals surface area (Å²) in [5.41, 5.74) is 0.671. The Hall–Kier alpha value is -1.69. The van der Waals surface area contributed by atoms with Crippen LogP contribution in [0, 0.1) is 0 Å². The van der Waals surface area contributed by atoms with E-state index in [2.05, 4.69) is 12.2 Å². The Morgan fingerprint density at radius 2 is 2.00 bits per heavy atom. The molecule has 0 aliphatic rings. The fourth-order valence-corrected chi connectivity index (χ4v) is 1.98. The van der Waals surface area contributed by atoms with Crippen molar-refractivity contribution in [3.8, 4) is 5.75 Å². The standard InChI is InChI=1S/C13H17NO4S/c1-2-7-19-9-12(15)14-10-3-5-11(6-4-10)18-8-13(16)17/h3-6H,2,7-9H2,1H3,(H,14,15)(H,16,17). The van der Waals surface area contributed by atoms with Gasteiger partial charge in [-0.1, -0.05) is 6.92 Å². The van der Waals surface area contributed by atoms with Gasteiger partial charge in [-0.25, -0.2) is 4.79 Å². The maximum atomic E-state index is 11.5. The van der Waals surface area contributed by atoms with Crippen molar-refractivity contribution in [1.82, 2.24) is 0 Å². The van der Waals surface area contributed by atoms with Gasteiger partial charge in [-0.3, -0.25) is 4.79 Å². The molecule has 2 N–H and O–H groups in total. The number of nitrogens with one attached hydrogen (secondary N) is 1. The second kappa shape index (κ2) is 8.42. The number of aliphatic carboxylic acids is 1. The number of carbonyl (C=O) groups excluding carboxylic acids is 1. The highest BCUT2D eigenvalue weighted by Gasteiger charge is 2.03. The van der Waals surface area contributed by atoms with E-state index in [0.717, 1.165) is 12.2 Å². The molecular formula is C13H17NO4S. The molecule has 1 amide bonds. The van der Waals surface area contributed by atoms with E-state index in [4.69, 9.17) is 9.84 Å². The quantitative estimate of drug-likeness (QED) is 0.716. The van der Waals surface area contributed by atoms with Crippen LogP contribution < -0.4 is 10.1 Å². The van der Waals surface area contributed by atoms with Crippen LogP contribution in [0.3, 0.4) is 0 Å². The van der Waals surface area contributed by atoms with Crippen molar-refractivity contribution in [1.29, 1.82) is 0 Å². The van der Waals surface area contributed by atoms with Gasteiger partial charge in [0, 0.05) is 5.69 Å². The van der Waals surface area contributed by atoms with E-state index in [0.29, 0.717) is 17.2 Å². The lowest BCUT2D eigenvalue weighted by atomic mass is 10.3. The smallest absolute Gasteiger partial charge is 0.341 e. The van der Waals surface area contributed by atoms with E-state index >= 15 is 0 Å². The molecule has 0 bridgehead atoms. The molecule has 0 fully saturated rings. The van der Waals surface area contributed by atoms with E-state index < -0.39 is 5.97 Å². The van der Waals surface area contributed by atoms with Crippen molar-refractivity contribution >= 4 is 29.3 Å². The van der Waals surface area contributed by atoms with Gasteiger partial charge in [-0.15, -0.1) is 0 Å². The molecule has 0 spiro atoms. The molecule has 0 heterocycles. The van der Waals surface area contributed by atoms with Gasteiger partial charge in [0.25, 0.3) is 0 Å². The van der Waals surface area contributed by atoms with E-state index in [1.54, 1.807) is 36.0 Å². The minimum atomic E-state index is -1.02. The molecule has 0 radical (unpaired) electrons. The van der Waals surface area contributed by atoms with E-state index in [9.17, 15) is 9.59 Å². The van der Waals surface area contributed by atoms with Crippen LogP contribution in [0.2, 0.25) is 0 Å². The van der Waals surface area contributed by atoms with Crippen molar-refractivity contribution < 1.29 is 19.4 Å². The Kier molecular flexibility index (Phi) is 6.81. The van der Waals surface area contributed by atoms with Crippen LogP contribution in [0.1, 0.15) is 13.3 Å². The highest BCUT2D eigenvalue weighted by atomic mass is 32.2. The van der Waals surface area contributed by atoms with Gasteiger partial charge in [0.1, 0.15) is 5.75 Å². The summed E-state index contributed by atoms with van der Waals surface area (Å²) in [4.78, 5) is 21.9. The van der Waals surface area contributed by atoms with Crippen LogP contribution in [0.4, 0.5) is 5.69 Å². The Morgan fingerprint density at radius 3 is 2.58 bits per heavy atom. The lowest BCUT2D eigenvalue weighted by Crippen LogP contribution is -2.14. The topological polar surface area (TPSA) is 75.6 Å². The Bertz CT molecular complexity index is 419. The van der Waals surface area contributed by atoms with Crippen molar-refractivity contribution in [3.05, 3.63) is 24.3 Å². The summed E-state index contributed by atoms with van der Waals surface area (Å²) >= 11 is 1.59. The number of ether oxygens (including phenoxy) is 1. The third-order valence-electron chi connectivity index (χ3n) is 2.08. The van der Waals surface area contributed by atoms with Gasteiger partial charge < -0.3 is 15.2 Å². The van der Waals surface area contributed by atoms with Crippen molar-refractivity contribution in [2.75, 3.05) is 23.4 Å². The van der Waals surface area contributed by atoms with Gasteiger partial charge in [-0.05, 0) is 36.4 Å². The molecule has 19 heavy (non-hydrogen) atoms. The Balaban J connectivity index is 2.39. The molecule has 0 unspecified atom stereocenters. The summed E-state index contributed by atoms with van der Waals surface area (Å²) < 4.78 is 4.99. The van der Waals surface area contributed by atoms with Gasteiger partial charge in [0.05, 0.1) is 5.75 Å². The van der Waals surface area contributed by atoms with Gasteiger partial charge >= 0.3 is 5.97 Å². The first kappa shape index (κ1) is 15.4. The molecule has 1 aromatic rings. The van der Waals surface area contributed by atoms with Crippen molar-refractivity contribution in [2.24, 2.45) is 0 Å². The van der Waals surface area contributed by atoms with Crippen LogP contribution in [0.15, 0.2) is 24.3 Å². The van der Waals surface area contributed by atoms with Crippen molar-refractivity contribution in [2.45, 2.75) is 13.3 Å². The van der Waals surface area contributed by atoms with Crippen LogP contribution in [0.5, 0.6) is 5.75 Å². The average molecular weight is 283 g/mol. The molecule has 0 aliphatic carbocycles. The molecule has 0 atom stereocenters. The lowest BCUT2D eigenvalue weighted by molar-refractivity contribution is -0.139. The fraction of sp³-hybridized carbons (Fsp3) is 0.385. The predicted octanol–water partition coefficient (Wildman–Crippen LogP) is 2.23. The summed E-state index contributed by atoms with van der Waals surface area (Å²) in [6.45, 7) is 1.69. The number of anilines is 1. The fourth-order valence-electron chi connectivity index (χ4n) is 1.29. The summed E-state index contributed by atoms with van der Waals surface area (Å²) in [5.74, 6) is 0.796. The van der Waals surface area contributed by atoms with E-state index in [1.807, 2.05) is 0 Å². The minimum absolute atomic E-state index is 0.0438. The zero-order valence-corrected chi connectivity index (χ0v) is 11.5. The summed E-state index contributed by atoms with van der Waals surface area (Å²) in [7, 11) is 0. The third kappa shape index (κ3) is 6.71. The second-order valence-electron chi connectivity index (χ2n) is 3.81. The number of hydrogen-bond donors (Lipinski definition) is 2. The molecular weight excluding hydrogens is 266 g/mol. The number of benzene rings is 1. The summed E-state index contributed by atoms with van der Waals surface area (Å²) in [6, 6.07) is 6.61. The highest BCUT2D eigenvalue weighted by Crippen LogP contribution is 2.16. The summed E-state index contributed by atoms with van der Waals surface area (Å²) in [5, 5.41) is 11.2. The average Bonchev–Trinajstić information content (AvgIpc) is 2.38. The number of carbonyl (C=O) groups is 2. The third-order valence-corrected chi connectivity index (χ3v) is 3.25. The molecule has 0 aliphatic heterocycles. The second-order valence-corrected chi connectivity index (χ2v) is 4.91. The molecule has 6 heteroatoms. The Morgan fingerprint density at radius 1 is 1.32 bits per heavy atom. The number of carboxylic acids is 1. The lowest BCUT2D eigenvalue weighted by Gasteiger charge is -2.07. The minimum Gasteiger partial charge on any atom is -0.482 e. The van der Waals surface area contributed by atoms with Crippen LogP contribution in [-0.2, 0) is 9.59 Å². The van der Waals surface area contributed by atoms with Crippen LogP contribution >= 0.6 is 11.8 Å². The normalized spacial score (nSPS) is 9.95. The number of thioether (sulfide) groups is 1. The zero-order valence-electron chi connectivity index (χ0n) is 10.7. The number of amides is 1. The van der Waals surface area contributed by atoms with E-state index in [-0.39, 0.29) is 12.5 Å². The number of rotatable bonds is 8. The largest absolute Gasteiger partial charge is 0.482 e. The maximum Gasteiger partial charge on any atom is 0.341 e. The molecule has 104 valence electrons. The molecule has 0 saturated carbocycles. The molecule has 0 saturated heterocycles. The SMILES string of the molecule is CCCSCC(=O)Nc1ccc(OCC(=O)O)cc1. The molecule has 5 nitrogen and oxygen atoms in total. The van der Waals surface area contributed by atoms with Gasteiger partial charge in [0.15, 0.2) is 6.61 Å². The van der Waals surface area contributed by atoms with E-state index in [1.165, 1.54) is 0 Å². The summed E-state index contributed by atoms with van der Waals surface area (Å²) in [6.07, 6.45) is 1.05. The van der Waals surface area contributed by atoms with Crippen LogP contribution in [0.25, 0.3) is 0 Å². The molecule has 1 rings (SSSR count).